The van der Waals surface area contributed by atoms with Crippen molar-refractivity contribution in [3.05, 3.63) is 41.2 Å². The highest BCUT2D eigenvalue weighted by molar-refractivity contribution is 7.89. The number of piperazine rings is 1. The van der Waals surface area contributed by atoms with E-state index in [2.05, 4.69) is 20.3 Å². The smallest absolute Gasteiger partial charge is 0.382 e. The molecule has 176 valence electrons. The summed E-state index contributed by atoms with van der Waals surface area (Å²) in [5, 5.41) is 3.15. The molecule has 2 aromatic heterocycles. The molecule has 1 aromatic carbocycles. The van der Waals surface area contributed by atoms with Crippen LogP contribution in [0.1, 0.15) is 10.6 Å². The summed E-state index contributed by atoms with van der Waals surface area (Å²) >= 11 is 1.40. The molecule has 3 aromatic rings. The highest BCUT2D eigenvalue weighted by Gasteiger charge is 2.44. The van der Waals surface area contributed by atoms with Crippen molar-refractivity contribution in [2.24, 2.45) is 0 Å². The summed E-state index contributed by atoms with van der Waals surface area (Å²) in [7, 11) is -4.16. The third-order valence-electron chi connectivity index (χ3n) is 5.31. The third-order valence-corrected chi connectivity index (χ3v) is 8.09. The number of aromatic nitrogens is 3. The Labute approximate surface area is 192 Å². The number of nitrogens with two attached hydrogens (primary N) is 1. The third kappa shape index (κ3) is 4.71. The highest BCUT2D eigenvalue weighted by Crippen LogP contribution is 2.32. The first kappa shape index (κ1) is 23.5. The fourth-order valence-corrected chi connectivity index (χ4v) is 5.79. The first-order valence-corrected chi connectivity index (χ1v) is 12.2. The average Bonchev–Trinajstić information content (AvgIpc) is 3.20. The summed E-state index contributed by atoms with van der Waals surface area (Å²) in [6.07, 6.45) is -1.47. The zero-order valence-electron chi connectivity index (χ0n) is 17.7. The average molecular weight is 499 g/mol. The molecule has 0 aliphatic carbocycles. The summed E-state index contributed by atoms with van der Waals surface area (Å²) in [5.74, 6) is 0.211. The van der Waals surface area contributed by atoms with Gasteiger partial charge in [-0.1, -0.05) is 6.07 Å². The number of benzene rings is 1. The molecule has 3 N–H and O–H groups in total. The van der Waals surface area contributed by atoms with Crippen molar-refractivity contribution in [3.8, 4) is 21.8 Å². The molecule has 1 atom stereocenters. The van der Waals surface area contributed by atoms with Crippen LogP contribution in [0.3, 0.4) is 0 Å². The van der Waals surface area contributed by atoms with Gasteiger partial charge in [0.15, 0.2) is 5.82 Å². The molecule has 0 radical (unpaired) electrons. The topological polar surface area (TPSA) is 114 Å². The molecule has 33 heavy (non-hydrogen) atoms. The molecule has 1 saturated heterocycles. The van der Waals surface area contributed by atoms with Crippen LogP contribution in [0.25, 0.3) is 21.8 Å². The van der Waals surface area contributed by atoms with Crippen LogP contribution in [-0.4, -0.2) is 59.5 Å². The number of anilines is 1. The van der Waals surface area contributed by atoms with Crippen LogP contribution in [0.2, 0.25) is 0 Å². The lowest BCUT2D eigenvalue weighted by Crippen LogP contribution is -2.58. The number of sulfonamides is 1. The Morgan fingerprint density at radius 1 is 1.21 bits per heavy atom. The lowest BCUT2D eigenvalue weighted by Gasteiger charge is -2.33. The number of halogens is 3. The van der Waals surface area contributed by atoms with E-state index in [1.807, 2.05) is 6.92 Å². The quantitative estimate of drug-likeness (QED) is 0.568. The maximum absolute atomic E-state index is 13.2. The zero-order chi connectivity index (χ0) is 24.0. The summed E-state index contributed by atoms with van der Waals surface area (Å²) in [6, 6.07) is 2.48. The van der Waals surface area contributed by atoms with Gasteiger partial charge in [0.2, 0.25) is 10.0 Å². The predicted molar refractivity (Wildman–Crippen MR) is 119 cm³/mol. The second kappa shape index (κ2) is 8.63. The summed E-state index contributed by atoms with van der Waals surface area (Å²) in [4.78, 5) is 13.6. The molecule has 1 unspecified atom stereocenters. The largest absolute Gasteiger partial charge is 0.405 e. The second-order valence-corrected chi connectivity index (χ2v) is 10.8. The monoisotopic (exact) mass is 498 g/mol. The van der Waals surface area contributed by atoms with Crippen molar-refractivity contribution in [2.75, 3.05) is 25.4 Å². The molecule has 0 saturated carbocycles. The van der Waals surface area contributed by atoms with Gasteiger partial charge < -0.3 is 11.1 Å². The Kier molecular flexibility index (Phi) is 6.16. The lowest BCUT2D eigenvalue weighted by molar-refractivity contribution is -0.160. The first-order chi connectivity index (χ1) is 15.5. The van der Waals surface area contributed by atoms with Crippen molar-refractivity contribution in [2.45, 2.75) is 31.0 Å². The highest BCUT2D eigenvalue weighted by atomic mass is 32.2. The van der Waals surface area contributed by atoms with Crippen LogP contribution in [-0.2, 0) is 10.0 Å². The molecule has 1 fully saturated rings. The number of hydrogen-bond acceptors (Lipinski definition) is 8. The number of thiazole rings is 1. The summed E-state index contributed by atoms with van der Waals surface area (Å²) in [5.41, 5.74) is 8.05. The van der Waals surface area contributed by atoms with Crippen molar-refractivity contribution >= 4 is 27.2 Å². The number of rotatable bonds is 4. The molecular formula is C20H21F3N6O2S2. The molecule has 0 spiro atoms. The van der Waals surface area contributed by atoms with E-state index < -0.39 is 28.8 Å². The normalized spacial score (nSPS) is 17.9. The van der Waals surface area contributed by atoms with Gasteiger partial charge in [0.1, 0.15) is 11.7 Å². The fraction of sp³-hybridized carbons (Fsp3) is 0.350. The number of nitrogens with one attached hydrogen (secondary N) is 1. The van der Waals surface area contributed by atoms with E-state index in [0.29, 0.717) is 17.0 Å². The van der Waals surface area contributed by atoms with E-state index in [0.717, 1.165) is 19.8 Å². The van der Waals surface area contributed by atoms with Crippen molar-refractivity contribution in [3.63, 3.8) is 0 Å². The zero-order valence-corrected chi connectivity index (χ0v) is 19.4. The molecule has 1 aliphatic rings. The van der Waals surface area contributed by atoms with Crippen LogP contribution in [0.5, 0.6) is 0 Å². The minimum absolute atomic E-state index is 0.0608. The van der Waals surface area contributed by atoms with Crippen LogP contribution in [0.4, 0.5) is 19.0 Å². The molecule has 13 heteroatoms. The van der Waals surface area contributed by atoms with Gasteiger partial charge in [0.25, 0.3) is 0 Å². The maximum Gasteiger partial charge on any atom is 0.405 e. The predicted octanol–water partition coefficient (Wildman–Crippen LogP) is 2.99. The van der Waals surface area contributed by atoms with Crippen LogP contribution in [0.15, 0.2) is 35.5 Å². The number of nitrogen functional groups attached to an aromatic ring is 1. The van der Waals surface area contributed by atoms with Gasteiger partial charge in [-0.3, -0.25) is 0 Å². The van der Waals surface area contributed by atoms with Gasteiger partial charge in [-0.05, 0) is 31.5 Å². The molecule has 0 bridgehead atoms. The molecule has 0 amide bonds. The Balaban J connectivity index is 1.72. The molecule has 8 nitrogen and oxygen atoms in total. The minimum atomic E-state index is -4.54. The van der Waals surface area contributed by atoms with E-state index >= 15 is 0 Å². The van der Waals surface area contributed by atoms with Gasteiger partial charge in [-0.25, -0.2) is 23.4 Å². The Morgan fingerprint density at radius 2 is 1.97 bits per heavy atom. The van der Waals surface area contributed by atoms with Crippen LogP contribution >= 0.6 is 11.3 Å². The van der Waals surface area contributed by atoms with Crippen molar-refractivity contribution in [1.29, 1.82) is 0 Å². The number of nitrogens with zero attached hydrogens (tertiary/aromatic N) is 4. The van der Waals surface area contributed by atoms with E-state index in [1.54, 1.807) is 19.2 Å². The SMILES string of the molecule is Cc1ncc(-c2nc(-c3cc(S(=O)(=O)N4CCNC(C(F)(F)F)C4)ccc3C)cnc2N)s1. The molecular weight excluding hydrogens is 477 g/mol. The van der Waals surface area contributed by atoms with Crippen molar-refractivity contribution < 1.29 is 21.6 Å². The number of alkyl halides is 3. The maximum atomic E-state index is 13.2. The van der Waals surface area contributed by atoms with Gasteiger partial charge in [-0.15, -0.1) is 11.3 Å². The minimum Gasteiger partial charge on any atom is -0.382 e. The number of aryl methyl sites for hydroxylation is 2. The summed E-state index contributed by atoms with van der Waals surface area (Å²) < 4.78 is 66.6. The van der Waals surface area contributed by atoms with Crippen molar-refractivity contribution in [1.82, 2.24) is 24.6 Å². The Bertz CT molecular complexity index is 1290. The van der Waals surface area contributed by atoms with E-state index in [4.69, 9.17) is 5.73 Å². The Hall–Kier alpha value is -2.61. The fourth-order valence-electron chi connectivity index (χ4n) is 3.53. The second-order valence-electron chi connectivity index (χ2n) is 7.62. The molecule has 1 aliphatic heterocycles. The van der Waals surface area contributed by atoms with Gasteiger partial charge in [0.05, 0.1) is 26.7 Å². The Morgan fingerprint density at radius 3 is 2.64 bits per heavy atom. The number of hydrogen-bond donors (Lipinski definition) is 2. The van der Waals surface area contributed by atoms with Gasteiger partial charge >= 0.3 is 6.18 Å². The van der Waals surface area contributed by atoms with Gasteiger partial charge in [-0.2, -0.15) is 17.5 Å². The van der Waals surface area contributed by atoms with E-state index in [9.17, 15) is 21.6 Å². The summed E-state index contributed by atoms with van der Waals surface area (Å²) in [6.45, 7) is 2.79. The van der Waals surface area contributed by atoms with Crippen LogP contribution < -0.4 is 11.1 Å². The molecule has 4 rings (SSSR count). The van der Waals surface area contributed by atoms with Crippen LogP contribution in [0, 0.1) is 13.8 Å². The lowest BCUT2D eigenvalue weighted by atomic mass is 10.1. The standard InChI is InChI=1S/C20H21F3N6O2S2/c1-11-3-4-13(33(30,31)29-6-5-25-17(10-29)20(21,22)23)7-14(11)15-8-27-19(24)18(28-15)16-9-26-12(2)32-16/h3-4,7-9,17,25H,5-6,10H2,1-2H3,(H2,24,27). The van der Waals surface area contributed by atoms with Gasteiger partial charge in [0, 0.05) is 31.4 Å². The molecule has 3 heterocycles. The first-order valence-electron chi connectivity index (χ1n) is 9.93. The van der Waals surface area contributed by atoms with E-state index in [-0.39, 0.29) is 23.8 Å². The van der Waals surface area contributed by atoms with E-state index in [1.165, 1.54) is 29.7 Å².